The Morgan fingerprint density at radius 3 is 2.58 bits per heavy atom. The molecule has 0 spiro atoms. The molecule has 33 heavy (non-hydrogen) atoms. The van der Waals surface area contributed by atoms with Gasteiger partial charge < -0.3 is 15.8 Å². The first-order valence-corrected chi connectivity index (χ1v) is 11.7. The molecule has 9 heteroatoms. The van der Waals surface area contributed by atoms with Crippen LogP contribution in [0.1, 0.15) is 41.8 Å². The average Bonchev–Trinajstić information content (AvgIpc) is 2.87. The molecule has 2 atom stereocenters. The number of alkyl halides is 1. The number of benzene rings is 2. The van der Waals surface area contributed by atoms with E-state index in [0.29, 0.717) is 36.7 Å². The lowest BCUT2D eigenvalue weighted by molar-refractivity contribution is 0.00281. The Labute approximate surface area is 197 Å². The van der Waals surface area contributed by atoms with Crippen molar-refractivity contribution in [1.29, 1.82) is 0 Å². The number of halogens is 3. The molecule has 0 bridgehead atoms. The normalized spacial score (nSPS) is 21.3. The van der Waals surface area contributed by atoms with Gasteiger partial charge in [-0.25, -0.2) is 13.8 Å². The third-order valence-corrected chi connectivity index (χ3v) is 6.45. The van der Waals surface area contributed by atoms with E-state index in [1.165, 1.54) is 17.8 Å². The summed E-state index contributed by atoms with van der Waals surface area (Å²) in [5, 5.41) is 3.22. The summed E-state index contributed by atoms with van der Waals surface area (Å²) in [5.74, 6) is -0.995. The smallest absolute Gasteiger partial charge is 0.257 e. The highest BCUT2D eigenvalue weighted by Crippen LogP contribution is 2.45. The summed E-state index contributed by atoms with van der Waals surface area (Å²) < 4.78 is 44.1. The van der Waals surface area contributed by atoms with Crippen molar-refractivity contribution in [3.05, 3.63) is 70.8 Å². The number of ether oxygens (including phenoxy) is 1. The van der Waals surface area contributed by atoms with Crippen molar-refractivity contribution in [2.45, 2.75) is 32.4 Å². The molecule has 5 nitrogen and oxygen atoms in total. The van der Waals surface area contributed by atoms with Crippen molar-refractivity contribution in [3.63, 3.8) is 0 Å². The molecule has 0 aromatic heterocycles. The number of hydrogen-bond donors (Lipinski definition) is 2. The molecule has 180 valence electrons. The van der Waals surface area contributed by atoms with Crippen LogP contribution in [0.2, 0.25) is 0 Å². The maximum atomic E-state index is 14.9. The molecule has 1 saturated heterocycles. The van der Waals surface area contributed by atoms with Gasteiger partial charge in [0.05, 0.1) is 13.8 Å². The Morgan fingerprint density at radius 2 is 1.91 bits per heavy atom. The molecule has 2 aliphatic rings. The van der Waals surface area contributed by atoms with Gasteiger partial charge in [-0.3, -0.25) is 9.18 Å². The molecule has 0 saturated carbocycles. The lowest BCUT2D eigenvalue weighted by Crippen LogP contribution is -2.49. The van der Waals surface area contributed by atoms with Gasteiger partial charge in [-0.1, -0.05) is 43.8 Å². The quantitative estimate of drug-likeness (QED) is 0.660. The van der Waals surface area contributed by atoms with E-state index in [0.717, 1.165) is 6.07 Å². The number of amides is 1. The number of aliphatic imine (C=N–C) groups is 1. The largest absolute Gasteiger partial charge is 0.379 e. The third kappa shape index (κ3) is 5.96. The second-order valence-electron chi connectivity index (χ2n) is 7.14. The van der Waals surface area contributed by atoms with Gasteiger partial charge in [0.25, 0.3) is 5.91 Å². The molecule has 3 N–H and O–H groups in total. The van der Waals surface area contributed by atoms with E-state index in [1.807, 2.05) is 19.9 Å². The fourth-order valence-electron chi connectivity index (χ4n) is 3.81. The zero-order valence-electron chi connectivity index (χ0n) is 19.0. The minimum absolute atomic E-state index is 0.00390. The Bertz CT molecular complexity index is 959. The van der Waals surface area contributed by atoms with Gasteiger partial charge in [0.1, 0.15) is 17.2 Å². The number of rotatable bonds is 3. The lowest BCUT2D eigenvalue weighted by Gasteiger charge is -2.44. The number of carbonyl (C=O) groups is 1. The summed E-state index contributed by atoms with van der Waals surface area (Å²) in [6, 6.07) is 11.1. The molecule has 2 heterocycles. The summed E-state index contributed by atoms with van der Waals surface area (Å²) >= 11 is 1.43. The molecule has 2 aromatic rings. The van der Waals surface area contributed by atoms with Gasteiger partial charge in [-0.05, 0) is 24.6 Å². The van der Waals surface area contributed by atoms with Gasteiger partial charge in [0.2, 0.25) is 0 Å². The lowest BCUT2D eigenvalue weighted by atomic mass is 9.76. The van der Waals surface area contributed by atoms with Gasteiger partial charge in [-0.2, -0.15) is 0 Å². The van der Waals surface area contributed by atoms with Gasteiger partial charge in [0, 0.05) is 47.6 Å². The van der Waals surface area contributed by atoms with Crippen LogP contribution in [0.3, 0.4) is 0 Å². The van der Waals surface area contributed by atoms with Crippen molar-refractivity contribution in [1.82, 2.24) is 5.32 Å². The molecular formula is C24H30F3N3O2S. The van der Waals surface area contributed by atoms with Crippen LogP contribution in [-0.4, -0.2) is 37.2 Å². The number of amidine groups is 1. The number of carbonyl (C=O) groups excluding carboxylic acids is 1. The summed E-state index contributed by atoms with van der Waals surface area (Å²) in [6.45, 7) is 4.67. The number of nitrogens with one attached hydrogen (secondary N) is 1. The Kier molecular flexibility index (Phi) is 10.4. The van der Waals surface area contributed by atoms with Gasteiger partial charge in [0.15, 0.2) is 5.17 Å². The Hall–Kier alpha value is -2.36. The van der Waals surface area contributed by atoms with E-state index in [9.17, 15) is 18.0 Å². The third-order valence-electron chi connectivity index (χ3n) is 5.41. The van der Waals surface area contributed by atoms with Crippen LogP contribution in [-0.2, 0) is 16.8 Å². The first kappa shape index (κ1) is 26.9. The summed E-state index contributed by atoms with van der Waals surface area (Å²) in [7, 11) is 0.500. The topological polar surface area (TPSA) is 76.7 Å². The van der Waals surface area contributed by atoms with Crippen LogP contribution < -0.4 is 11.1 Å². The number of thioether (sulfide) groups is 1. The monoisotopic (exact) mass is 481 g/mol. The van der Waals surface area contributed by atoms with Crippen LogP contribution in [0.5, 0.6) is 0 Å². The second kappa shape index (κ2) is 12.8. The van der Waals surface area contributed by atoms with E-state index in [1.54, 1.807) is 24.3 Å². The minimum Gasteiger partial charge on any atom is -0.379 e. The molecule has 1 fully saturated rings. The highest BCUT2D eigenvalue weighted by atomic mass is 32.2. The van der Waals surface area contributed by atoms with Crippen LogP contribution in [0.15, 0.2) is 47.5 Å². The highest BCUT2D eigenvalue weighted by molar-refractivity contribution is 8.13. The highest BCUT2D eigenvalue weighted by Gasteiger charge is 2.48. The number of nitrogens with zero attached hydrogens (tertiary/aromatic N) is 1. The molecule has 2 aliphatic heterocycles. The molecule has 0 aliphatic carbocycles. The number of nitrogens with two attached hydrogens (primary N) is 1. The predicted octanol–water partition coefficient (Wildman–Crippen LogP) is 4.80. The van der Waals surface area contributed by atoms with E-state index < -0.39 is 17.2 Å². The maximum absolute atomic E-state index is 14.9. The standard InChI is InChI=1S/C21H21F2N3O2S.C2H6.CH3F/c22-17-9-18(23)16(8-14(17)10-24)21-12-28-7-6-15(21)11-29-20(26-21)25-19(27)13-4-2-1-3-5-13;2*1-2/h1-5,8-9,15H,6-7,10-12,24H2,(H,25,26,27);1-2H3;1H3. The predicted molar refractivity (Wildman–Crippen MR) is 127 cm³/mol. The summed E-state index contributed by atoms with van der Waals surface area (Å²) in [5.41, 5.74) is 5.60. The fourth-order valence-corrected chi connectivity index (χ4v) is 5.00. The van der Waals surface area contributed by atoms with E-state index in [-0.39, 0.29) is 36.1 Å². The second-order valence-corrected chi connectivity index (χ2v) is 8.15. The molecule has 2 unspecified atom stereocenters. The van der Waals surface area contributed by atoms with Crippen molar-refractivity contribution in [2.24, 2.45) is 16.6 Å². The first-order valence-electron chi connectivity index (χ1n) is 10.8. The maximum Gasteiger partial charge on any atom is 0.257 e. The molecule has 0 radical (unpaired) electrons. The number of hydrogen-bond acceptors (Lipinski definition) is 5. The molecular weight excluding hydrogens is 451 g/mol. The van der Waals surface area contributed by atoms with E-state index >= 15 is 0 Å². The zero-order valence-corrected chi connectivity index (χ0v) is 19.9. The Morgan fingerprint density at radius 1 is 1.21 bits per heavy atom. The SMILES string of the molecule is CC.CF.NCc1cc(C23COCCC2CSC(NC(=O)c2ccccc2)=N3)c(F)cc1F. The van der Waals surface area contributed by atoms with E-state index in [2.05, 4.69) is 5.32 Å². The van der Waals surface area contributed by atoms with Crippen molar-refractivity contribution in [3.8, 4) is 0 Å². The van der Waals surface area contributed by atoms with Crippen LogP contribution in [0.25, 0.3) is 0 Å². The van der Waals surface area contributed by atoms with Crippen molar-refractivity contribution in [2.75, 3.05) is 26.1 Å². The molecule has 2 aromatic carbocycles. The van der Waals surface area contributed by atoms with Crippen LogP contribution in [0.4, 0.5) is 13.2 Å². The average molecular weight is 482 g/mol. The van der Waals surface area contributed by atoms with Gasteiger partial charge >= 0.3 is 0 Å². The van der Waals surface area contributed by atoms with Crippen LogP contribution >= 0.6 is 11.8 Å². The first-order chi connectivity index (χ1) is 16.0. The zero-order chi connectivity index (χ0) is 24.4. The van der Waals surface area contributed by atoms with Gasteiger partial charge in [-0.15, -0.1) is 0 Å². The summed E-state index contributed by atoms with van der Waals surface area (Å²) in [4.78, 5) is 17.3. The summed E-state index contributed by atoms with van der Waals surface area (Å²) in [6.07, 6.45) is 0.700. The van der Waals surface area contributed by atoms with E-state index in [4.69, 9.17) is 15.5 Å². The number of fused-ring (bicyclic) bond motifs is 1. The molecule has 4 rings (SSSR count). The van der Waals surface area contributed by atoms with Crippen LogP contribution in [0, 0.1) is 17.6 Å². The van der Waals surface area contributed by atoms with Crippen molar-refractivity contribution >= 4 is 22.8 Å². The molecule has 1 amide bonds. The Balaban J connectivity index is 0.000000914. The van der Waals surface area contributed by atoms with Crippen molar-refractivity contribution < 1.29 is 22.7 Å². The minimum atomic E-state index is -1.02. The fraction of sp³-hybridized carbons (Fsp3) is 0.417.